The monoisotopic (exact) mass is 290 g/mol. The van der Waals surface area contributed by atoms with Crippen molar-refractivity contribution in [3.8, 4) is 0 Å². The van der Waals surface area contributed by atoms with Gasteiger partial charge in [-0.05, 0) is 18.4 Å². The van der Waals surface area contributed by atoms with Crippen molar-refractivity contribution in [2.75, 3.05) is 7.11 Å². The van der Waals surface area contributed by atoms with E-state index in [0.717, 1.165) is 31.2 Å². The molecule has 5 heteroatoms. The van der Waals surface area contributed by atoms with Crippen molar-refractivity contribution in [1.82, 2.24) is 5.43 Å². The summed E-state index contributed by atoms with van der Waals surface area (Å²) in [6.07, 6.45) is 5.97. The van der Waals surface area contributed by atoms with Crippen LogP contribution in [0.3, 0.4) is 0 Å². The molecule has 1 amide bonds. The Kier molecular flexibility index (Phi) is 8.52. The average Bonchev–Trinajstić information content (AvgIpc) is 2.51. The summed E-state index contributed by atoms with van der Waals surface area (Å²) < 4.78 is 4.56. The minimum Gasteiger partial charge on any atom is -0.469 e. The minimum atomic E-state index is -0.178. The van der Waals surface area contributed by atoms with Crippen LogP contribution in [-0.4, -0.2) is 25.2 Å². The van der Waals surface area contributed by atoms with Crippen molar-refractivity contribution < 1.29 is 14.3 Å². The zero-order valence-corrected chi connectivity index (χ0v) is 12.4. The number of unbranched alkanes of at least 4 members (excludes halogenated alkanes) is 3. The number of carbonyl (C=O) groups is 2. The van der Waals surface area contributed by atoms with Gasteiger partial charge in [0.2, 0.25) is 5.91 Å². The van der Waals surface area contributed by atoms with Crippen molar-refractivity contribution >= 4 is 18.1 Å². The van der Waals surface area contributed by atoms with E-state index in [1.165, 1.54) is 7.11 Å². The quantitative estimate of drug-likeness (QED) is 0.329. The lowest BCUT2D eigenvalue weighted by Gasteiger charge is -2.01. The van der Waals surface area contributed by atoms with Crippen molar-refractivity contribution in [2.45, 2.75) is 38.5 Å². The van der Waals surface area contributed by atoms with E-state index in [2.05, 4.69) is 15.3 Å². The number of amides is 1. The van der Waals surface area contributed by atoms with Crippen LogP contribution < -0.4 is 5.43 Å². The molecule has 0 saturated carbocycles. The third kappa shape index (κ3) is 8.57. The first-order valence-corrected chi connectivity index (χ1v) is 7.16. The number of hydrazone groups is 1. The fourth-order valence-electron chi connectivity index (χ4n) is 1.78. The Morgan fingerprint density at radius 3 is 2.43 bits per heavy atom. The largest absolute Gasteiger partial charge is 0.469 e. The molecule has 1 rings (SSSR count). The zero-order valence-electron chi connectivity index (χ0n) is 12.4. The predicted octanol–water partition coefficient (Wildman–Crippen LogP) is 2.65. The summed E-state index contributed by atoms with van der Waals surface area (Å²) in [6, 6.07) is 9.58. The highest BCUT2D eigenvalue weighted by atomic mass is 16.5. The molecule has 0 bridgehead atoms. The van der Waals surface area contributed by atoms with Gasteiger partial charge in [0.15, 0.2) is 0 Å². The van der Waals surface area contributed by atoms with Gasteiger partial charge in [-0.1, -0.05) is 43.2 Å². The normalized spacial score (nSPS) is 10.5. The van der Waals surface area contributed by atoms with Gasteiger partial charge in [-0.2, -0.15) is 5.10 Å². The maximum Gasteiger partial charge on any atom is 0.305 e. The molecular weight excluding hydrogens is 268 g/mol. The molecule has 1 N–H and O–H groups in total. The third-order valence-corrected chi connectivity index (χ3v) is 2.96. The average molecular weight is 290 g/mol. The maximum absolute atomic E-state index is 11.5. The first-order chi connectivity index (χ1) is 10.2. The summed E-state index contributed by atoms with van der Waals surface area (Å²) in [4.78, 5) is 22.4. The van der Waals surface area contributed by atoms with Gasteiger partial charge >= 0.3 is 5.97 Å². The fourth-order valence-corrected chi connectivity index (χ4v) is 1.78. The Morgan fingerprint density at radius 1 is 1.10 bits per heavy atom. The zero-order chi connectivity index (χ0) is 15.3. The molecule has 0 spiro atoms. The second-order valence-electron chi connectivity index (χ2n) is 4.69. The van der Waals surface area contributed by atoms with E-state index >= 15 is 0 Å². The van der Waals surface area contributed by atoms with Crippen LogP contribution in [0.25, 0.3) is 0 Å². The second-order valence-corrected chi connectivity index (χ2v) is 4.69. The molecule has 0 aliphatic heterocycles. The topological polar surface area (TPSA) is 67.8 Å². The summed E-state index contributed by atoms with van der Waals surface area (Å²) in [5.74, 6) is -0.266. The lowest BCUT2D eigenvalue weighted by molar-refractivity contribution is -0.140. The number of esters is 1. The summed E-state index contributed by atoms with van der Waals surface area (Å²) in [5.41, 5.74) is 3.45. The van der Waals surface area contributed by atoms with Crippen molar-refractivity contribution in [2.24, 2.45) is 5.10 Å². The van der Waals surface area contributed by atoms with Gasteiger partial charge in [-0.3, -0.25) is 9.59 Å². The van der Waals surface area contributed by atoms with Gasteiger partial charge in [0.25, 0.3) is 0 Å². The molecule has 0 aliphatic carbocycles. The predicted molar refractivity (Wildman–Crippen MR) is 81.9 cm³/mol. The Balaban J connectivity index is 2.04. The first kappa shape index (κ1) is 16.9. The van der Waals surface area contributed by atoms with Crippen molar-refractivity contribution in [3.05, 3.63) is 35.9 Å². The number of nitrogens with one attached hydrogen (secondary N) is 1. The number of hydrogen-bond donors (Lipinski definition) is 1. The highest BCUT2D eigenvalue weighted by Crippen LogP contribution is 2.06. The summed E-state index contributed by atoms with van der Waals surface area (Å²) in [5, 5.41) is 3.91. The lowest BCUT2D eigenvalue weighted by Crippen LogP contribution is -2.16. The minimum absolute atomic E-state index is 0.0878. The molecule has 0 saturated heterocycles. The van der Waals surface area contributed by atoms with Gasteiger partial charge in [0.1, 0.15) is 0 Å². The van der Waals surface area contributed by atoms with Crippen LogP contribution in [0.2, 0.25) is 0 Å². The van der Waals surface area contributed by atoms with E-state index in [0.29, 0.717) is 12.8 Å². The number of hydrogen-bond acceptors (Lipinski definition) is 4. The van der Waals surface area contributed by atoms with E-state index in [1.54, 1.807) is 6.21 Å². The number of carbonyl (C=O) groups excluding carboxylic acids is 2. The van der Waals surface area contributed by atoms with Crippen LogP contribution >= 0.6 is 0 Å². The molecule has 0 atom stereocenters. The molecule has 1 aromatic rings. The van der Waals surface area contributed by atoms with Crippen molar-refractivity contribution in [3.63, 3.8) is 0 Å². The van der Waals surface area contributed by atoms with Gasteiger partial charge in [0.05, 0.1) is 13.3 Å². The maximum atomic E-state index is 11.5. The van der Waals surface area contributed by atoms with Gasteiger partial charge in [-0.15, -0.1) is 0 Å². The molecule has 114 valence electrons. The van der Waals surface area contributed by atoms with E-state index in [1.807, 2.05) is 30.3 Å². The fraction of sp³-hybridized carbons (Fsp3) is 0.438. The highest BCUT2D eigenvalue weighted by Gasteiger charge is 2.01. The molecule has 0 aliphatic rings. The van der Waals surface area contributed by atoms with Crippen LogP contribution in [0.4, 0.5) is 0 Å². The number of rotatable bonds is 9. The van der Waals surface area contributed by atoms with Gasteiger partial charge in [0, 0.05) is 12.8 Å². The highest BCUT2D eigenvalue weighted by molar-refractivity contribution is 5.82. The molecule has 0 unspecified atom stereocenters. The van der Waals surface area contributed by atoms with Crippen molar-refractivity contribution in [1.29, 1.82) is 0 Å². The molecule has 0 heterocycles. The molecule has 0 fully saturated rings. The lowest BCUT2D eigenvalue weighted by atomic mass is 10.1. The van der Waals surface area contributed by atoms with Gasteiger partial charge in [-0.25, -0.2) is 5.43 Å². The van der Waals surface area contributed by atoms with Crippen LogP contribution in [0, 0.1) is 0 Å². The van der Waals surface area contributed by atoms with E-state index in [9.17, 15) is 9.59 Å². The molecule has 5 nitrogen and oxygen atoms in total. The van der Waals surface area contributed by atoms with Crippen LogP contribution in [0.1, 0.15) is 44.1 Å². The number of methoxy groups -OCH3 is 1. The number of nitrogens with zero attached hydrogens (tertiary/aromatic N) is 1. The smallest absolute Gasteiger partial charge is 0.305 e. The molecule has 1 aromatic carbocycles. The second kappa shape index (κ2) is 10.6. The standard InChI is InChI=1S/C16H22N2O3/c1-21-16(20)12-8-3-2-7-11-15(19)18-17-13-14-9-5-4-6-10-14/h4-6,9-10,13H,2-3,7-8,11-12H2,1H3,(H,18,19)/b17-13+. The summed E-state index contributed by atoms with van der Waals surface area (Å²) in [6.45, 7) is 0. The Hall–Kier alpha value is -2.17. The molecule has 21 heavy (non-hydrogen) atoms. The molecular formula is C16H22N2O3. The molecule has 0 radical (unpaired) electrons. The van der Waals surface area contributed by atoms with Crippen LogP contribution in [-0.2, 0) is 14.3 Å². The molecule has 0 aromatic heterocycles. The number of ether oxygens (including phenoxy) is 1. The van der Waals surface area contributed by atoms with E-state index < -0.39 is 0 Å². The Labute approximate surface area is 125 Å². The Bertz CT molecular complexity index is 458. The van der Waals surface area contributed by atoms with Gasteiger partial charge < -0.3 is 4.74 Å². The van der Waals surface area contributed by atoms with E-state index in [4.69, 9.17) is 0 Å². The Morgan fingerprint density at radius 2 is 1.76 bits per heavy atom. The summed E-state index contributed by atoms with van der Waals surface area (Å²) in [7, 11) is 1.39. The summed E-state index contributed by atoms with van der Waals surface area (Å²) >= 11 is 0. The van der Waals surface area contributed by atoms with Crippen LogP contribution in [0.5, 0.6) is 0 Å². The first-order valence-electron chi connectivity index (χ1n) is 7.16. The SMILES string of the molecule is COC(=O)CCCCCCC(=O)N/N=C/c1ccccc1. The van der Waals surface area contributed by atoms with Crippen LogP contribution in [0.15, 0.2) is 35.4 Å². The third-order valence-electron chi connectivity index (χ3n) is 2.96. The number of benzene rings is 1. The van der Waals surface area contributed by atoms with E-state index in [-0.39, 0.29) is 11.9 Å².